The molecule has 0 N–H and O–H groups in total. The van der Waals surface area contributed by atoms with Crippen LogP contribution in [0.2, 0.25) is 0 Å². The summed E-state index contributed by atoms with van der Waals surface area (Å²) in [5, 5.41) is 0. The fourth-order valence-electron chi connectivity index (χ4n) is 4.89. The van der Waals surface area contributed by atoms with Gasteiger partial charge < -0.3 is 14.5 Å². The molecule has 2 fully saturated rings. The third kappa shape index (κ3) is 2.54. The highest BCUT2D eigenvalue weighted by Crippen LogP contribution is 2.52. The van der Waals surface area contributed by atoms with E-state index in [2.05, 4.69) is 18.0 Å². The van der Waals surface area contributed by atoms with Crippen LogP contribution in [0.4, 0.5) is 0 Å². The van der Waals surface area contributed by atoms with Crippen LogP contribution in [0.25, 0.3) is 0 Å². The molecule has 2 amide bonds. The fraction of sp³-hybridized carbons (Fsp3) is 0.476. The van der Waals surface area contributed by atoms with Crippen LogP contribution in [0.1, 0.15) is 18.9 Å². The van der Waals surface area contributed by atoms with Crippen LogP contribution < -0.4 is 0 Å². The molecule has 0 aliphatic carbocycles. The fourth-order valence-corrected chi connectivity index (χ4v) is 4.89. The van der Waals surface area contributed by atoms with Crippen molar-refractivity contribution in [3.8, 4) is 0 Å². The lowest BCUT2D eigenvalue weighted by Crippen LogP contribution is -2.47. The van der Waals surface area contributed by atoms with Crippen LogP contribution in [0.3, 0.4) is 0 Å². The number of nitrogens with zero attached hydrogens (tertiary/aromatic N) is 3. The summed E-state index contributed by atoms with van der Waals surface area (Å²) in [6.07, 6.45) is 10.2. The molecule has 6 heteroatoms. The SMILES string of the molecule is CC1=CCN(C(=O)[C@H]2[C@@H]3C=C[C@@]4(CN(Cc5cccnc5)C(=O)[C@H]24)O3)CC1. The van der Waals surface area contributed by atoms with E-state index in [1.54, 1.807) is 12.4 Å². The molecule has 0 unspecified atom stereocenters. The van der Waals surface area contributed by atoms with Gasteiger partial charge >= 0.3 is 0 Å². The molecule has 4 aliphatic rings. The van der Waals surface area contributed by atoms with Crippen LogP contribution in [0, 0.1) is 11.8 Å². The van der Waals surface area contributed by atoms with Gasteiger partial charge in [-0.15, -0.1) is 0 Å². The van der Waals surface area contributed by atoms with Crippen molar-refractivity contribution in [3.05, 3.63) is 53.9 Å². The lowest BCUT2D eigenvalue weighted by Gasteiger charge is -2.31. The number of likely N-dealkylation sites (tertiary alicyclic amines) is 1. The Kier molecular flexibility index (Phi) is 3.72. The highest BCUT2D eigenvalue weighted by molar-refractivity contribution is 5.93. The molecule has 2 saturated heterocycles. The molecule has 1 aromatic heterocycles. The van der Waals surface area contributed by atoms with Crippen molar-refractivity contribution >= 4 is 11.8 Å². The number of pyridine rings is 1. The summed E-state index contributed by atoms with van der Waals surface area (Å²) in [7, 11) is 0. The number of fused-ring (bicyclic) bond motifs is 1. The standard InChI is InChI=1S/C21H23N3O3/c1-14-5-9-23(10-6-14)19(25)17-16-4-7-21(27-16)13-24(20(26)18(17)21)12-15-3-2-8-22-11-15/h2-5,7-8,11,16-18H,6,9-10,12-13H2,1H3/t16-,17-,18-,21-/m0/s1. The Labute approximate surface area is 158 Å². The molecule has 0 saturated carbocycles. The van der Waals surface area contributed by atoms with E-state index < -0.39 is 17.4 Å². The second-order valence-corrected chi connectivity index (χ2v) is 8.04. The van der Waals surface area contributed by atoms with Crippen molar-refractivity contribution in [2.24, 2.45) is 11.8 Å². The molecule has 4 aliphatic heterocycles. The van der Waals surface area contributed by atoms with Crippen LogP contribution in [0.5, 0.6) is 0 Å². The van der Waals surface area contributed by atoms with Gasteiger partial charge in [0.1, 0.15) is 5.60 Å². The van der Waals surface area contributed by atoms with Gasteiger partial charge in [0.05, 0.1) is 24.5 Å². The van der Waals surface area contributed by atoms with E-state index in [4.69, 9.17) is 4.74 Å². The summed E-state index contributed by atoms with van der Waals surface area (Å²) in [6, 6.07) is 3.83. The number of hydrogen-bond donors (Lipinski definition) is 0. The zero-order valence-electron chi connectivity index (χ0n) is 15.4. The first-order chi connectivity index (χ1) is 13.1. The lowest BCUT2D eigenvalue weighted by atomic mass is 9.76. The largest absolute Gasteiger partial charge is 0.360 e. The van der Waals surface area contributed by atoms with E-state index >= 15 is 0 Å². The van der Waals surface area contributed by atoms with Crippen molar-refractivity contribution in [3.63, 3.8) is 0 Å². The summed E-state index contributed by atoms with van der Waals surface area (Å²) in [6.45, 7) is 4.45. The Balaban J connectivity index is 1.39. The van der Waals surface area contributed by atoms with Crippen molar-refractivity contribution in [1.29, 1.82) is 0 Å². The van der Waals surface area contributed by atoms with E-state index in [1.807, 2.05) is 34.1 Å². The molecule has 140 valence electrons. The van der Waals surface area contributed by atoms with Crippen LogP contribution in [-0.4, -0.2) is 57.9 Å². The van der Waals surface area contributed by atoms with Crippen molar-refractivity contribution in [2.45, 2.75) is 31.6 Å². The van der Waals surface area contributed by atoms with E-state index in [9.17, 15) is 9.59 Å². The van der Waals surface area contributed by atoms with Gasteiger partial charge in [-0.3, -0.25) is 14.6 Å². The van der Waals surface area contributed by atoms with Gasteiger partial charge in [-0.25, -0.2) is 0 Å². The number of aromatic nitrogens is 1. The van der Waals surface area contributed by atoms with Gasteiger partial charge in [0, 0.05) is 32.0 Å². The van der Waals surface area contributed by atoms with E-state index in [0.29, 0.717) is 19.6 Å². The zero-order valence-corrected chi connectivity index (χ0v) is 15.4. The molecule has 2 bridgehead atoms. The molecule has 1 aromatic rings. The zero-order chi connectivity index (χ0) is 18.6. The van der Waals surface area contributed by atoms with Gasteiger partial charge in [-0.2, -0.15) is 0 Å². The first kappa shape index (κ1) is 16.7. The molecule has 6 nitrogen and oxygen atoms in total. The summed E-state index contributed by atoms with van der Waals surface area (Å²) < 4.78 is 6.22. The van der Waals surface area contributed by atoms with Gasteiger partial charge in [-0.05, 0) is 25.0 Å². The van der Waals surface area contributed by atoms with Crippen molar-refractivity contribution < 1.29 is 14.3 Å². The lowest BCUT2D eigenvalue weighted by molar-refractivity contribution is -0.143. The number of ether oxygens (including phenoxy) is 1. The maximum absolute atomic E-state index is 13.2. The second kappa shape index (κ2) is 6.02. The number of carbonyl (C=O) groups is 2. The highest BCUT2D eigenvalue weighted by Gasteiger charge is 2.67. The average Bonchev–Trinajstić information content (AvgIpc) is 3.31. The molecular weight excluding hydrogens is 342 g/mol. The minimum Gasteiger partial charge on any atom is -0.360 e. The average molecular weight is 365 g/mol. The molecule has 5 rings (SSSR count). The van der Waals surface area contributed by atoms with Crippen LogP contribution >= 0.6 is 0 Å². The maximum atomic E-state index is 13.2. The summed E-state index contributed by atoms with van der Waals surface area (Å²) >= 11 is 0. The van der Waals surface area contributed by atoms with Crippen molar-refractivity contribution in [1.82, 2.24) is 14.8 Å². The summed E-state index contributed by atoms with van der Waals surface area (Å²) in [4.78, 5) is 34.3. The monoisotopic (exact) mass is 365 g/mol. The first-order valence-corrected chi connectivity index (χ1v) is 9.57. The van der Waals surface area contributed by atoms with Gasteiger partial charge in [0.15, 0.2) is 0 Å². The molecule has 0 radical (unpaired) electrons. The molecule has 0 aromatic carbocycles. The Morgan fingerprint density at radius 1 is 1.44 bits per heavy atom. The summed E-state index contributed by atoms with van der Waals surface area (Å²) in [5.74, 6) is -0.749. The topological polar surface area (TPSA) is 62.7 Å². The minimum atomic E-state index is -0.647. The first-order valence-electron chi connectivity index (χ1n) is 9.57. The highest BCUT2D eigenvalue weighted by atomic mass is 16.5. The molecule has 1 spiro atoms. The predicted molar refractivity (Wildman–Crippen MR) is 98.3 cm³/mol. The summed E-state index contributed by atoms with van der Waals surface area (Å²) in [5.41, 5.74) is 1.66. The van der Waals surface area contributed by atoms with E-state index in [1.165, 1.54) is 5.57 Å². The normalized spacial score (nSPS) is 34.2. The van der Waals surface area contributed by atoms with E-state index in [0.717, 1.165) is 18.5 Å². The number of hydrogen-bond acceptors (Lipinski definition) is 4. The Hall–Kier alpha value is -2.47. The van der Waals surface area contributed by atoms with Gasteiger partial charge in [-0.1, -0.05) is 29.9 Å². The third-order valence-corrected chi connectivity index (χ3v) is 6.31. The molecule has 27 heavy (non-hydrogen) atoms. The van der Waals surface area contributed by atoms with E-state index in [-0.39, 0.29) is 17.9 Å². The van der Waals surface area contributed by atoms with Crippen LogP contribution in [-0.2, 0) is 20.9 Å². The quantitative estimate of drug-likeness (QED) is 0.763. The van der Waals surface area contributed by atoms with Crippen LogP contribution in [0.15, 0.2) is 48.3 Å². The smallest absolute Gasteiger partial charge is 0.230 e. The Morgan fingerprint density at radius 2 is 2.33 bits per heavy atom. The van der Waals surface area contributed by atoms with Crippen molar-refractivity contribution in [2.75, 3.05) is 19.6 Å². The molecule has 4 atom stereocenters. The predicted octanol–water partition coefficient (Wildman–Crippen LogP) is 1.54. The number of rotatable bonds is 3. The second-order valence-electron chi connectivity index (χ2n) is 8.04. The Bertz CT molecular complexity index is 849. The minimum absolute atomic E-state index is 0.0211. The number of amides is 2. The molecule has 5 heterocycles. The Morgan fingerprint density at radius 3 is 3.07 bits per heavy atom. The third-order valence-electron chi connectivity index (χ3n) is 6.31. The van der Waals surface area contributed by atoms with Gasteiger partial charge in [0.25, 0.3) is 0 Å². The molecular formula is C21H23N3O3. The number of carbonyl (C=O) groups excluding carboxylic acids is 2. The maximum Gasteiger partial charge on any atom is 0.230 e. The van der Waals surface area contributed by atoms with Gasteiger partial charge in [0.2, 0.25) is 11.8 Å².